The van der Waals surface area contributed by atoms with Crippen LogP contribution in [0, 0.1) is 5.82 Å². The zero-order valence-corrected chi connectivity index (χ0v) is 13.2. The molecule has 0 aromatic heterocycles. The number of sulfonamides is 1. The summed E-state index contributed by atoms with van der Waals surface area (Å²) in [7, 11) is -3.79. The Balaban J connectivity index is 2.09. The highest BCUT2D eigenvalue weighted by molar-refractivity contribution is 7.89. The number of carbonyl (C=O) groups excluding carboxylic acids is 1. The molecule has 8 heteroatoms. The van der Waals surface area contributed by atoms with Crippen LogP contribution < -0.4 is 10.5 Å². The second kappa shape index (κ2) is 6.91. The Bertz CT molecular complexity index is 845. The van der Waals surface area contributed by atoms with Gasteiger partial charge >= 0.3 is 0 Å². The molecule has 2 aromatic rings. The molecular formula is C15H12ClFN2O3S. The van der Waals surface area contributed by atoms with Gasteiger partial charge in [-0.25, -0.2) is 17.9 Å². The molecule has 0 saturated carbocycles. The van der Waals surface area contributed by atoms with E-state index in [-0.39, 0.29) is 15.5 Å². The Morgan fingerprint density at radius 1 is 1.17 bits per heavy atom. The van der Waals surface area contributed by atoms with Gasteiger partial charge in [0.05, 0.1) is 9.92 Å². The first-order chi connectivity index (χ1) is 10.8. The van der Waals surface area contributed by atoms with Crippen molar-refractivity contribution in [1.29, 1.82) is 0 Å². The number of anilines is 1. The van der Waals surface area contributed by atoms with E-state index >= 15 is 0 Å². The minimum atomic E-state index is -3.79. The van der Waals surface area contributed by atoms with E-state index < -0.39 is 21.7 Å². The van der Waals surface area contributed by atoms with Crippen LogP contribution in [-0.2, 0) is 14.8 Å². The van der Waals surface area contributed by atoms with Crippen LogP contribution in [0.3, 0.4) is 0 Å². The fourth-order valence-electron chi connectivity index (χ4n) is 1.74. The quantitative estimate of drug-likeness (QED) is 0.827. The molecule has 0 unspecified atom stereocenters. The molecular weight excluding hydrogens is 343 g/mol. The Hall–Kier alpha value is -2.22. The van der Waals surface area contributed by atoms with Gasteiger partial charge in [-0.15, -0.1) is 0 Å². The molecule has 5 nitrogen and oxygen atoms in total. The summed E-state index contributed by atoms with van der Waals surface area (Å²) in [6.45, 7) is 0. The summed E-state index contributed by atoms with van der Waals surface area (Å²) < 4.78 is 35.8. The van der Waals surface area contributed by atoms with Gasteiger partial charge in [-0.3, -0.25) is 4.79 Å². The van der Waals surface area contributed by atoms with E-state index in [1.54, 1.807) is 0 Å². The van der Waals surface area contributed by atoms with Crippen molar-refractivity contribution in [1.82, 2.24) is 0 Å². The van der Waals surface area contributed by atoms with Crippen LogP contribution in [0.25, 0.3) is 6.08 Å². The van der Waals surface area contributed by atoms with Gasteiger partial charge in [0, 0.05) is 17.3 Å². The first-order valence-corrected chi connectivity index (χ1v) is 8.26. The van der Waals surface area contributed by atoms with Gasteiger partial charge in [0.15, 0.2) is 0 Å². The molecule has 3 N–H and O–H groups in total. The Kier molecular flexibility index (Phi) is 5.15. The lowest BCUT2D eigenvalue weighted by Crippen LogP contribution is -2.12. The van der Waals surface area contributed by atoms with E-state index in [1.807, 2.05) is 0 Å². The monoisotopic (exact) mass is 354 g/mol. The van der Waals surface area contributed by atoms with E-state index in [4.69, 9.17) is 16.7 Å². The fourth-order valence-corrected chi connectivity index (χ4v) is 2.48. The minimum Gasteiger partial charge on any atom is -0.323 e. The number of rotatable bonds is 4. The van der Waals surface area contributed by atoms with Crippen molar-refractivity contribution in [2.45, 2.75) is 4.90 Å². The van der Waals surface area contributed by atoms with Gasteiger partial charge < -0.3 is 5.32 Å². The average molecular weight is 355 g/mol. The van der Waals surface area contributed by atoms with Crippen LogP contribution in [0.15, 0.2) is 53.4 Å². The van der Waals surface area contributed by atoms with Gasteiger partial charge in [-0.2, -0.15) is 0 Å². The largest absolute Gasteiger partial charge is 0.323 e. The Labute approximate surface area is 137 Å². The van der Waals surface area contributed by atoms with Crippen molar-refractivity contribution >= 4 is 39.3 Å². The maximum Gasteiger partial charge on any atom is 0.248 e. The van der Waals surface area contributed by atoms with Crippen LogP contribution in [0.1, 0.15) is 5.56 Å². The molecule has 2 aromatic carbocycles. The van der Waals surface area contributed by atoms with Crippen molar-refractivity contribution in [2.75, 3.05) is 5.32 Å². The number of benzene rings is 2. The predicted molar refractivity (Wildman–Crippen MR) is 86.9 cm³/mol. The minimum absolute atomic E-state index is 0.0656. The number of halogens is 2. The fraction of sp³-hybridized carbons (Fsp3) is 0. The highest BCUT2D eigenvalue weighted by Crippen LogP contribution is 2.20. The number of hydrogen-bond donors (Lipinski definition) is 2. The lowest BCUT2D eigenvalue weighted by molar-refractivity contribution is -0.111. The number of carbonyl (C=O) groups is 1. The summed E-state index contributed by atoms with van der Waals surface area (Å²) >= 11 is 5.84. The smallest absolute Gasteiger partial charge is 0.248 e. The molecule has 2 rings (SSSR count). The SMILES string of the molecule is NS(=O)(=O)c1ccc(NC(=O)C=Cc2c(F)cccc2Cl)cc1. The predicted octanol–water partition coefficient (Wildman–Crippen LogP) is 2.78. The van der Waals surface area contributed by atoms with E-state index in [2.05, 4.69) is 5.32 Å². The van der Waals surface area contributed by atoms with Gasteiger partial charge in [0.2, 0.25) is 15.9 Å². The molecule has 0 spiro atoms. The second-order valence-electron chi connectivity index (χ2n) is 4.53. The third-order valence-corrected chi connectivity index (χ3v) is 4.11. The van der Waals surface area contributed by atoms with Crippen molar-refractivity contribution in [2.24, 2.45) is 5.14 Å². The summed E-state index contributed by atoms with van der Waals surface area (Å²) in [5, 5.41) is 7.66. The maximum absolute atomic E-state index is 13.5. The summed E-state index contributed by atoms with van der Waals surface area (Å²) in [5.74, 6) is -1.06. The number of primary sulfonamides is 1. The normalized spacial score (nSPS) is 11.6. The molecule has 1 amide bonds. The maximum atomic E-state index is 13.5. The number of nitrogens with two attached hydrogens (primary N) is 1. The zero-order chi connectivity index (χ0) is 17.0. The van der Waals surface area contributed by atoms with Crippen LogP contribution in [0.4, 0.5) is 10.1 Å². The Morgan fingerprint density at radius 2 is 1.83 bits per heavy atom. The molecule has 0 radical (unpaired) electrons. The second-order valence-corrected chi connectivity index (χ2v) is 6.50. The molecule has 0 bridgehead atoms. The molecule has 23 heavy (non-hydrogen) atoms. The Morgan fingerprint density at radius 3 is 2.39 bits per heavy atom. The van der Waals surface area contributed by atoms with Crippen molar-refractivity contribution in [3.63, 3.8) is 0 Å². The number of amides is 1. The van der Waals surface area contributed by atoms with Gasteiger partial charge in [0.1, 0.15) is 5.82 Å². The van der Waals surface area contributed by atoms with Crippen LogP contribution in [0.5, 0.6) is 0 Å². The van der Waals surface area contributed by atoms with Crippen LogP contribution >= 0.6 is 11.6 Å². The van der Waals surface area contributed by atoms with Crippen molar-refractivity contribution in [3.8, 4) is 0 Å². The third kappa shape index (κ3) is 4.62. The molecule has 0 saturated heterocycles. The summed E-state index contributed by atoms with van der Waals surface area (Å²) in [5.41, 5.74) is 0.473. The van der Waals surface area contributed by atoms with Gasteiger partial charge in [-0.05, 0) is 42.5 Å². The van der Waals surface area contributed by atoms with Crippen LogP contribution in [-0.4, -0.2) is 14.3 Å². The standard InChI is InChI=1S/C15H12ClFN2O3S/c16-13-2-1-3-14(17)12(13)8-9-15(20)19-10-4-6-11(7-5-10)23(18,21)22/h1-9H,(H,19,20)(H2,18,21,22). The lowest BCUT2D eigenvalue weighted by Gasteiger charge is -2.04. The molecule has 0 aliphatic rings. The van der Waals surface area contributed by atoms with Crippen molar-refractivity contribution < 1.29 is 17.6 Å². The number of hydrogen-bond acceptors (Lipinski definition) is 3. The topological polar surface area (TPSA) is 89.3 Å². The van der Waals surface area contributed by atoms with Crippen molar-refractivity contribution in [3.05, 3.63) is 64.9 Å². The third-order valence-electron chi connectivity index (χ3n) is 2.85. The van der Waals surface area contributed by atoms with E-state index in [0.717, 1.165) is 6.08 Å². The highest BCUT2D eigenvalue weighted by Gasteiger charge is 2.08. The lowest BCUT2D eigenvalue weighted by atomic mass is 10.2. The van der Waals surface area contributed by atoms with E-state index in [1.165, 1.54) is 48.5 Å². The van der Waals surface area contributed by atoms with Gasteiger partial charge in [-0.1, -0.05) is 17.7 Å². The number of nitrogens with one attached hydrogen (secondary N) is 1. The molecule has 0 fully saturated rings. The first-order valence-electron chi connectivity index (χ1n) is 6.33. The highest BCUT2D eigenvalue weighted by atomic mass is 35.5. The van der Waals surface area contributed by atoms with E-state index in [0.29, 0.717) is 5.69 Å². The van der Waals surface area contributed by atoms with Crippen LogP contribution in [0.2, 0.25) is 5.02 Å². The zero-order valence-electron chi connectivity index (χ0n) is 11.7. The van der Waals surface area contributed by atoms with Gasteiger partial charge in [0.25, 0.3) is 0 Å². The summed E-state index contributed by atoms with van der Waals surface area (Å²) in [6, 6.07) is 9.51. The summed E-state index contributed by atoms with van der Waals surface area (Å²) in [6.07, 6.45) is 2.38. The molecule has 0 aliphatic heterocycles. The van der Waals surface area contributed by atoms with E-state index in [9.17, 15) is 17.6 Å². The molecule has 0 atom stereocenters. The average Bonchev–Trinajstić information content (AvgIpc) is 2.46. The first kappa shape index (κ1) is 17.1. The molecule has 120 valence electrons. The molecule has 0 aliphatic carbocycles. The summed E-state index contributed by atoms with van der Waals surface area (Å²) in [4.78, 5) is 11.7. The molecule has 0 heterocycles.